The maximum absolute atomic E-state index is 15.2. The van der Waals surface area contributed by atoms with E-state index < -0.39 is 51.6 Å². The van der Waals surface area contributed by atoms with E-state index in [1.54, 1.807) is 0 Å². The number of sulfone groups is 1. The molecule has 0 fully saturated rings. The number of alkyl halides is 4. The number of hydrogen-bond acceptors (Lipinski definition) is 5. The van der Waals surface area contributed by atoms with Crippen molar-refractivity contribution in [2.45, 2.75) is 49.3 Å². The quantitative estimate of drug-likeness (QED) is 0.566. The molecule has 0 radical (unpaired) electrons. The number of ether oxygens (including phenoxy) is 1. The van der Waals surface area contributed by atoms with Gasteiger partial charge >= 0.3 is 6.18 Å². The van der Waals surface area contributed by atoms with Crippen LogP contribution in [0.3, 0.4) is 0 Å². The molecule has 1 aliphatic rings. The number of hydrogen-bond donors (Lipinski definition) is 2. The number of nitrogens with one attached hydrogen (secondary N) is 1. The van der Waals surface area contributed by atoms with Gasteiger partial charge in [0.2, 0.25) is 5.85 Å². The summed E-state index contributed by atoms with van der Waals surface area (Å²) in [6, 6.07) is 2.59. The number of fused-ring (bicyclic) bond motifs is 1. The van der Waals surface area contributed by atoms with Gasteiger partial charge < -0.3 is 14.8 Å². The molecule has 3 atom stereocenters. The number of methoxy groups -OCH3 is 1. The van der Waals surface area contributed by atoms with Gasteiger partial charge in [-0.2, -0.15) is 13.2 Å². The molecule has 11 heteroatoms. The molecule has 2 N–H and O–H groups in total. The minimum Gasteiger partial charge on any atom is -0.380 e. The van der Waals surface area contributed by atoms with Crippen LogP contribution < -0.4 is 0 Å². The lowest BCUT2D eigenvalue weighted by Crippen LogP contribution is -2.53. The number of aromatic amines is 1. The van der Waals surface area contributed by atoms with Crippen LogP contribution in [0.4, 0.5) is 17.6 Å². The number of H-pyrrole nitrogens is 1. The Morgan fingerprint density at radius 1 is 1.24 bits per heavy atom. The first-order valence-corrected chi connectivity index (χ1v) is 12.0. The Bertz CT molecular complexity index is 1200. The van der Waals surface area contributed by atoms with Gasteiger partial charge in [0.15, 0.2) is 20.5 Å². The molecular formula is C22H26F4N2O4S. The van der Waals surface area contributed by atoms with E-state index in [1.807, 2.05) is 0 Å². The van der Waals surface area contributed by atoms with E-state index in [0.717, 1.165) is 19.4 Å². The minimum absolute atomic E-state index is 0.0328. The molecule has 6 nitrogen and oxygen atoms in total. The molecule has 0 spiro atoms. The zero-order chi connectivity index (χ0) is 24.9. The first kappa shape index (κ1) is 25.4. The maximum atomic E-state index is 15.2. The summed E-state index contributed by atoms with van der Waals surface area (Å²) in [5.74, 6) is -3.40. The molecule has 0 bridgehead atoms. The summed E-state index contributed by atoms with van der Waals surface area (Å²) in [6.45, 7) is 2.89. The number of rotatable bonds is 7. The lowest BCUT2D eigenvalue weighted by Gasteiger charge is -2.45. The van der Waals surface area contributed by atoms with Gasteiger partial charge in [-0.25, -0.2) is 17.8 Å². The van der Waals surface area contributed by atoms with Gasteiger partial charge in [0.25, 0.3) is 0 Å². The Morgan fingerprint density at radius 3 is 2.48 bits per heavy atom. The Labute approximate surface area is 189 Å². The van der Waals surface area contributed by atoms with Gasteiger partial charge in [0.1, 0.15) is 0 Å². The highest BCUT2D eigenvalue weighted by molar-refractivity contribution is 7.90. The summed E-state index contributed by atoms with van der Waals surface area (Å²) in [7, 11) is -2.48. The second-order valence-electron chi connectivity index (χ2n) is 9.17. The average Bonchev–Trinajstić information content (AvgIpc) is 3.07. The van der Waals surface area contributed by atoms with Crippen molar-refractivity contribution in [3.8, 4) is 0 Å². The largest absolute Gasteiger partial charge is 0.417 e. The third-order valence-corrected chi connectivity index (χ3v) is 6.97. The topological polar surface area (TPSA) is 92.3 Å². The van der Waals surface area contributed by atoms with Crippen LogP contribution in [0, 0.1) is 11.3 Å². The fourth-order valence-electron chi connectivity index (χ4n) is 4.40. The third kappa shape index (κ3) is 4.99. The summed E-state index contributed by atoms with van der Waals surface area (Å²) in [5, 5.41) is 11.0. The van der Waals surface area contributed by atoms with Crippen LogP contribution in [0.25, 0.3) is 10.9 Å². The third-order valence-electron chi connectivity index (χ3n) is 5.99. The smallest absolute Gasteiger partial charge is 0.380 e. The van der Waals surface area contributed by atoms with E-state index >= 15 is 4.39 Å². The van der Waals surface area contributed by atoms with Gasteiger partial charge in [0, 0.05) is 36.8 Å². The number of allylic oxidation sites excluding steroid dienone is 2. The van der Waals surface area contributed by atoms with E-state index in [0.29, 0.717) is 10.9 Å². The van der Waals surface area contributed by atoms with Crippen LogP contribution in [0.2, 0.25) is 0 Å². The zero-order valence-electron chi connectivity index (χ0n) is 18.6. The van der Waals surface area contributed by atoms with Gasteiger partial charge in [-0.3, -0.25) is 0 Å². The maximum Gasteiger partial charge on any atom is 0.417 e. The van der Waals surface area contributed by atoms with Crippen LogP contribution in [0.1, 0.15) is 26.0 Å². The molecule has 2 aromatic heterocycles. The number of pyridine rings is 1. The summed E-state index contributed by atoms with van der Waals surface area (Å²) in [4.78, 5) is 6.56. The molecule has 0 aliphatic heterocycles. The summed E-state index contributed by atoms with van der Waals surface area (Å²) < 4.78 is 86.0. The Balaban J connectivity index is 1.97. The average molecular weight is 491 g/mol. The molecule has 2 heterocycles. The summed E-state index contributed by atoms with van der Waals surface area (Å²) in [6.07, 6.45) is 0.996. The van der Waals surface area contributed by atoms with E-state index in [9.17, 15) is 26.7 Å². The zero-order valence-corrected chi connectivity index (χ0v) is 19.4. The second kappa shape index (κ2) is 8.21. The molecule has 3 rings (SSSR count). The van der Waals surface area contributed by atoms with Gasteiger partial charge in [-0.05, 0) is 30.0 Å². The fraction of sp³-hybridized carbons (Fsp3) is 0.500. The monoisotopic (exact) mass is 490 g/mol. The molecule has 0 saturated carbocycles. The van der Waals surface area contributed by atoms with Gasteiger partial charge in [-0.1, -0.05) is 32.1 Å². The molecule has 0 saturated heterocycles. The second-order valence-corrected chi connectivity index (χ2v) is 11.1. The standard InChI is InChI=1S/C22H26F4N2O4S/c1-19(2,17-7-5-6-8-21(17,23)32-3)13-20(29,22(24,25)26)11-15-9-14-10-18(33(4,30)31)27-12-16(14)28-15/h5-10,12,17,28-29H,11,13H2,1-4H3. The van der Waals surface area contributed by atoms with E-state index in [4.69, 9.17) is 4.74 Å². The molecule has 182 valence electrons. The predicted molar refractivity (Wildman–Crippen MR) is 115 cm³/mol. The van der Waals surface area contributed by atoms with Crippen molar-refractivity contribution in [1.29, 1.82) is 0 Å². The van der Waals surface area contributed by atoms with Crippen molar-refractivity contribution in [1.82, 2.24) is 9.97 Å². The highest BCUT2D eigenvalue weighted by Crippen LogP contribution is 2.50. The van der Waals surface area contributed by atoms with Crippen molar-refractivity contribution in [3.05, 3.63) is 48.3 Å². The number of aliphatic hydroxyl groups is 1. The van der Waals surface area contributed by atoms with Gasteiger partial charge in [0.05, 0.1) is 11.7 Å². The van der Waals surface area contributed by atoms with E-state index in [1.165, 1.54) is 50.4 Å². The molecule has 3 unspecified atom stereocenters. The molecular weight excluding hydrogens is 464 g/mol. The number of nitrogens with zero attached hydrogens (tertiary/aromatic N) is 1. The molecule has 33 heavy (non-hydrogen) atoms. The van der Waals surface area contributed by atoms with Crippen molar-refractivity contribution in [3.63, 3.8) is 0 Å². The van der Waals surface area contributed by atoms with Crippen LogP contribution in [0.5, 0.6) is 0 Å². The van der Waals surface area contributed by atoms with Crippen molar-refractivity contribution in [2.24, 2.45) is 11.3 Å². The number of aromatic nitrogens is 2. The molecule has 1 aliphatic carbocycles. The van der Waals surface area contributed by atoms with Crippen LogP contribution >= 0.6 is 0 Å². The molecule has 2 aromatic rings. The predicted octanol–water partition coefficient (Wildman–Crippen LogP) is 4.27. The molecule has 0 aromatic carbocycles. The first-order valence-electron chi connectivity index (χ1n) is 10.1. The minimum atomic E-state index is -5.03. The molecule has 0 amide bonds. The lowest BCUT2D eigenvalue weighted by atomic mass is 9.66. The fourth-order valence-corrected chi connectivity index (χ4v) is 4.98. The van der Waals surface area contributed by atoms with Gasteiger partial charge in [-0.15, -0.1) is 0 Å². The SMILES string of the molecule is COC1(F)C=CC=CC1C(C)(C)CC(O)(Cc1cc2cc(S(C)(=O)=O)ncc2[nH]1)C(F)(F)F. The van der Waals surface area contributed by atoms with Crippen LogP contribution in [-0.2, 0) is 21.0 Å². The van der Waals surface area contributed by atoms with E-state index in [-0.39, 0.29) is 10.7 Å². The van der Waals surface area contributed by atoms with Crippen molar-refractivity contribution in [2.75, 3.05) is 13.4 Å². The van der Waals surface area contributed by atoms with Crippen LogP contribution in [-0.4, -0.2) is 54.5 Å². The van der Waals surface area contributed by atoms with E-state index in [2.05, 4.69) is 9.97 Å². The summed E-state index contributed by atoms with van der Waals surface area (Å²) in [5.41, 5.74) is -4.21. The highest BCUT2D eigenvalue weighted by atomic mass is 32.2. The van der Waals surface area contributed by atoms with Crippen molar-refractivity contribution >= 4 is 20.7 Å². The van der Waals surface area contributed by atoms with Crippen molar-refractivity contribution < 1.29 is 35.8 Å². The highest BCUT2D eigenvalue weighted by Gasteiger charge is 2.58. The van der Waals surface area contributed by atoms with Crippen LogP contribution in [0.15, 0.2) is 47.7 Å². The summed E-state index contributed by atoms with van der Waals surface area (Å²) >= 11 is 0. The lowest BCUT2D eigenvalue weighted by molar-refractivity contribution is -0.274. The Kier molecular flexibility index (Phi) is 6.31. The first-order chi connectivity index (χ1) is 15.0. The normalized spacial score (nSPS) is 23.7. The Morgan fingerprint density at radius 2 is 1.91 bits per heavy atom. The number of halogens is 4. The Hall–Kier alpha value is -2.24.